The van der Waals surface area contributed by atoms with E-state index in [0.29, 0.717) is 40.6 Å². The molecule has 0 spiro atoms. The topological polar surface area (TPSA) is 55.4 Å². The molecule has 0 bridgehead atoms. The van der Waals surface area contributed by atoms with Crippen molar-refractivity contribution in [2.24, 2.45) is 0 Å². The van der Waals surface area contributed by atoms with E-state index in [1.165, 1.54) is 0 Å². The van der Waals surface area contributed by atoms with Gasteiger partial charge in [0.15, 0.2) is 0 Å². The highest BCUT2D eigenvalue weighted by atomic mass is 35.5. The molecule has 0 radical (unpaired) electrons. The molecule has 0 aromatic heterocycles. The summed E-state index contributed by atoms with van der Waals surface area (Å²) in [4.78, 5) is 24.4. The zero-order chi connectivity index (χ0) is 16.8. The number of benzene rings is 1. The van der Waals surface area contributed by atoms with Crippen LogP contribution in [-0.4, -0.2) is 18.5 Å². The Labute approximate surface area is 145 Å². The van der Waals surface area contributed by atoms with E-state index < -0.39 is 0 Å². The van der Waals surface area contributed by atoms with E-state index in [1.807, 2.05) is 0 Å². The van der Waals surface area contributed by atoms with Gasteiger partial charge < -0.3 is 10.1 Å². The summed E-state index contributed by atoms with van der Waals surface area (Å²) in [6.07, 6.45) is 2.97. The lowest BCUT2D eigenvalue weighted by Crippen LogP contribution is -2.28. The van der Waals surface area contributed by atoms with E-state index in [9.17, 15) is 9.59 Å². The quantitative estimate of drug-likeness (QED) is 0.810. The maximum Gasteiger partial charge on any atom is 0.334 e. The molecule has 124 valence electrons. The average molecular weight is 356 g/mol. The van der Waals surface area contributed by atoms with Gasteiger partial charge in [0.1, 0.15) is 0 Å². The minimum Gasteiger partial charge on any atom is -0.463 e. The van der Waals surface area contributed by atoms with E-state index >= 15 is 0 Å². The highest BCUT2D eigenvalue weighted by molar-refractivity contribution is 6.35. The normalized spacial score (nSPS) is 14.6. The summed E-state index contributed by atoms with van der Waals surface area (Å²) in [6, 6.07) is 5.12. The van der Waals surface area contributed by atoms with Gasteiger partial charge in [-0.1, -0.05) is 29.3 Å². The molecule has 1 aliphatic rings. The maximum absolute atomic E-state index is 12.4. The van der Waals surface area contributed by atoms with E-state index in [0.717, 1.165) is 18.4 Å². The Morgan fingerprint density at radius 1 is 1.17 bits per heavy atom. The molecule has 0 saturated carbocycles. The minimum absolute atomic E-state index is 0.237. The lowest BCUT2D eigenvalue weighted by atomic mass is 9.91. The van der Waals surface area contributed by atoms with Crippen molar-refractivity contribution in [2.75, 3.05) is 6.61 Å². The number of halogens is 2. The fourth-order valence-corrected chi connectivity index (χ4v) is 3.02. The van der Waals surface area contributed by atoms with E-state index in [1.54, 1.807) is 25.1 Å². The molecular weight excluding hydrogens is 337 g/mol. The lowest BCUT2D eigenvalue weighted by molar-refractivity contribution is -0.139. The molecule has 0 unspecified atom stereocenters. The van der Waals surface area contributed by atoms with Gasteiger partial charge >= 0.3 is 5.97 Å². The molecule has 1 amide bonds. The fraction of sp³-hybridized carbons (Fsp3) is 0.412. The summed E-state index contributed by atoms with van der Waals surface area (Å²) >= 11 is 12.0. The Morgan fingerprint density at radius 2 is 1.87 bits per heavy atom. The third-order valence-corrected chi connectivity index (χ3v) is 4.31. The SMILES string of the molecule is CCOC(=O)C1=C(C(=O)NCc2ccc(Cl)cc2Cl)CCCC1. The fourth-order valence-electron chi connectivity index (χ4n) is 2.55. The predicted octanol–water partition coefficient (Wildman–Crippen LogP) is 4.04. The second-order valence-corrected chi connectivity index (χ2v) is 6.15. The van der Waals surface area contributed by atoms with Crippen LogP contribution in [0, 0.1) is 0 Å². The molecule has 1 aromatic rings. The van der Waals surface area contributed by atoms with E-state index in [2.05, 4.69) is 5.32 Å². The molecular formula is C17H19Cl2NO3. The first-order chi connectivity index (χ1) is 11.0. The number of rotatable bonds is 5. The highest BCUT2D eigenvalue weighted by Gasteiger charge is 2.24. The van der Waals surface area contributed by atoms with Crippen LogP contribution in [0.15, 0.2) is 29.3 Å². The highest BCUT2D eigenvalue weighted by Crippen LogP contribution is 2.26. The number of carbonyl (C=O) groups excluding carboxylic acids is 2. The van der Waals surface area contributed by atoms with Gasteiger partial charge in [0.05, 0.1) is 6.61 Å². The van der Waals surface area contributed by atoms with Gasteiger partial charge in [-0.25, -0.2) is 4.79 Å². The minimum atomic E-state index is -0.387. The van der Waals surface area contributed by atoms with Crippen molar-refractivity contribution in [3.63, 3.8) is 0 Å². The number of amides is 1. The first kappa shape index (κ1) is 17.8. The van der Waals surface area contributed by atoms with Crippen LogP contribution in [0.4, 0.5) is 0 Å². The first-order valence-corrected chi connectivity index (χ1v) is 8.39. The van der Waals surface area contributed by atoms with Crippen molar-refractivity contribution in [1.82, 2.24) is 5.32 Å². The summed E-state index contributed by atoms with van der Waals surface area (Å²) in [5.74, 6) is -0.624. The molecule has 0 atom stereocenters. The molecule has 0 saturated heterocycles. The summed E-state index contributed by atoms with van der Waals surface area (Å²) in [6.45, 7) is 2.34. The van der Waals surface area contributed by atoms with Crippen molar-refractivity contribution in [2.45, 2.75) is 39.2 Å². The zero-order valence-corrected chi connectivity index (χ0v) is 14.5. The van der Waals surface area contributed by atoms with Crippen LogP contribution in [0.2, 0.25) is 10.0 Å². The Hall–Kier alpha value is -1.52. The molecule has 1 N–H and O–H groups in total. The zero-order valence-electron chi connectivity index (χ0n) is 13.0. The van der Waals surface area contributed by atoms with Crippen LogP contribution in [0.25, 0.3) is 0 Å². The van der Waals surface area contributed by atoms with Crippen molar-refractivity contribution in [3.8, 4) is 0 Å². The maximum atomic E-state index is 12.4. The Balaban J connectivity index is 2.09. The van der Waals surface area contributed by atoms with Crippen molar-refractivity contribution < 1.29 is 14.3 Å². The molecule has 0 heterocycles. The lowest BCUT2D eigenvalue weighted by Gasteiger charge is -2.19. The number of esters is 1. The van der Waals surface area contributed by atoms with Gasteiger partial charge in [-0.3, -0.25) is 4.79 Å². The molecule has 4 nitrogen and oxygen atoms in total. The second-order valence-electron chi connectivity index (χ2n) is 5.30. The van der Waals surface area contributed by atoms with Gasteiger partial charge in [-0.2, -0.15) is 0 Å². The molecule has 0 fully saturated rings. The number of ether oxygens (including phenoxy) is 1. The summed E-state index contributed by atoms with van der Waals surface area (Å²) in [5, 5.41) is 3.87. The van der Waals surface area contributed by atoms with Gasteiger partial charge in [0.25, 0.3) is 0 Å². The predicted molar refractivity (Wildman–Crippen MR) is 90.4 cm³/mol. The number of carbonyl (C=O) groups is 2. The van der Waals surface area contributed by atoms with Crippen LogP contribution < -0.4 is 5.32 Å². The Bertz CT molecular complexity index is 641. The van der Waals surface area contributed by atoms with E-state index in [4.69, 9.17) is 27.9 Å². The van der Waals surface area contributed by atoms with Gasteiger partial charge in [0.2, 0.25) is 5.91 Å². The van der Waals surface area contributed by atoms with E-state index in [-0.39, 0.29) is 18.4 Å². The summed E-state index contributed by atoms with van der Waals surface area (Å²) in [5.41, 5.74) is 1.80. The molecule has 0 aliphatic heterocycles. The molecule has 6 heteroatoms. The smallest absolute Gasteiger partial charge is 0.334 e. The number of hydrogen-bond acceptors (Lipinski definition) is 3. The summed E-state index contributed by atoms with van der Waals surface area (Å²) < 4.78 is 5.04. The van der Waals surface area contributed by atoms with Crippen molar-refractivity contribution in [1.29, 1.82) is 0 Å². The van der Waals surface area contributed by atoms with Gasteiger partial charge in [0, 0.05) is 27.7 Å². The van der Waals surface area contributed by atoms with Crippen LogP contribution in [0.1, 0.15) is 38.2 Å². The van der Waals surface area contributed by atoms with Crippen LogP contribution in [0.3, 0.4) is 0 Å². The Kier molecular flexibility index (Phi) is 6.48. The van der Waals surface area contributed by atoms with Crippen LogP contribution in [-0.2, 0) is 20.9 Å². The van der Waals surface area contributed by atoms with Crippen LogP contribution >= 0.6 is 23.2 Å². The molecule has 1 aromatic carbocycles. The van der Waals surface area contributed by atoms with Crippen molar-refractivity contribution >= 4 is 35.1 Å². The second kappa shape index (κ2) is 8.37. The monoisotopic (exact) mass is 355 g/mol. The number of hydrogen-bond donors (Lipinski definition) is 1. The largest absolute Gasteiger partial charge is 0.463 e. The number of nitrogens with one attached hydrogen (secondary N) is 1. The van der Waals surface area contributed by atoms with Gasteiger partial charge in [-0.05, 0) is 50.3 Å². The third-order valence-electron chi connectivity index (χ3n) is 3.72. The standard InChI is InChI=1S/C17H19Cl2NO3/c1-2-23-17(22)14-6-4-3-5-13(14)16(21)20-10-11-7-8-12(18)9-15(11)19/h7-9H,2-6,10H2,1H3,(H,20,21). The Morgan fingerprint density at radius 3 is 2.52 bits per heavy atom. The molecule has 2 rings (SSSR count). The van der Waals surface area contributed by atoms with Crippen LogP contribution in [0.5, 0.6) is 0 Å². The van der Waals surface area contributed by atoms with Gasteiger partial charge in [-0.15, -0.1) is 0 Å². The average Bonchev–Trinajstić information content (AvgIpc) is 2.54. The third kappa shape index (κ3) is 4.72. The molecule has 23 heavy (non-hydrogen) atoms. The summed E-state index contributed by atoms with van der Waals surface area (Å²) in [7, 11) is 0. The first-order valence-electron chi connectivity index (χ1n) is 7.64. The van der Waals surface area contributed by atoms with Crippen molar-refractivity contribution in [3.05, 3.63) is 45.0 Å². The molecule has 1 aliphatic carbocycles.